The van der Waals surface area contributed by atoms with Crippen molar-refractivity contribution < 1.29 is 28.8 Å². The summed E-state index contributed by atoms with van der Waals surface area (Å²) >= 11 is 0. The number of benzene rings is 3. The van der Waals surface area contributed by atoms with Crippen molar-refractivity contribution >= 4 is 11.8 Å². The fourth-order valence-corrected chi connectivity index (χ4v) is 4.64. The number of ether oxygens (including phenoxy) is 4. The normalized spacial score (nSPS) is 17.9. The monoisotopic (exact) mass is 544 g/mol. The fraction of sp³-hybridized carbons (Fsp3) is 0.312. The molecule has 2 N–H and O–H groups in total. The van der Waals surface area contributed by atoms with Gasteiger partial charge < -0.3 is 29.4 Å². The summed E-state index contributed by atoms with van der Waals surface area (Å²) in [5.41, 5.74) is 1.27. The predicted octanol–water partition coefficient (Wildman–Crippen LogP) is 4.66. The molecule has 2 atom stereocenters. The number of hydrogen-bond acceptors (Lipinski definition) is 7. The number of aliphatic hydroxyl groups excluding tert-OH is 1. The van der Waals surface area contributed by atoms with Crippen molar-refractivity contribution in [1.82, 2.24) is 5.32 Å². The molecule has 8 nitrogen and oxygen atoms in total. The Hall–Kier alpha value is -4.30. The standard InChI is InChI=1S/C32H36N2O6/c1-4-17-32(31(36)33-18-16-23-8-5-10-27(21-23)37-2)29(25-9-6-11-28(22-25)38-3)40-30(34-32)24-12-14-26(15-13-24)39-20-7-19-35/h4-6,8-15,21-22,29,35H,1,7,16-20H2,2-3H3,(H,33,36)/t29-,32-/m1/s1. The Morgan fingerprint density at radius 1 is 1.05 bits per heavy atom. The lowest BCUT2D eigenvalue weighted by Gasteiger charge is -2.30. The summed E-state index contributed by atoms with van der Waals surface area (Å²) in [5.74, 6) is 2.22. The Kier molecular flexibility index (Phi) is 9.81. The molecule has 0 radical (unpaired) electrons. The maximum absolute atomic E-state index is 13.9. The summed E-state index contributed by atoms with van der Waals surface area (Å²) in [5, 5.41) is 12.1. The molecule has 0 fully saturated rings. The smallest absolute Gasteiger partial charge is 0.252 e. The van der Waals surface area contributed by atoms with E-state index in [1.165, 1.54) is 0 Å². The number of rotatable bonds is 14. The van der Waals surface area contributed by atoms with E-state index in [2.05, 4.69) is 11.9 Å². The topological polar surface area (TPSA) is 98.6 Å². The van der Waals surface area contributed by atoms with E-state index in [9.17, 15) is 4.79 Å². The van der Waals surface area contributed by atoms with Crippen LogP contribution < -0.4 is 19.5 Å². The molecule has 0 saturated heterocycles. The summed E-state index contributed by atoms with van der Waals surface area (Å²) in [6, 6.07) is 22.6. The maximum Gasteiger partial charge on any atom is 0.252 e. The average Bonchev–Trinajstić information content (AvgIpc) is 3.38. The molecular formula is C32H36N2O6. The Morgan fingerprint density at radius 3 is 2.48 bits per heavy atom. The van der Waals surface area contributed by atoms with Crippen molar-refractivity contribution in [2.24, 2.45) is 4.99 Å². The molecule has 3 aromatic carbocycles. The molecular weight excluding hydrogens is 508 g/mol. The highest BCUT2D eigenvalue weighted by Gasteiger charge is 2.52. The quantitative estimate of drug-likeness (QED) is 0.226. The predicted molar refractivity (Wildman–Crippen MR) is 154 cm³/mol. The van der Waals surface area contributed by atoms with Crippen molar-refractivity contribution in [3.63, 3.8) is 0 Å². The molecule has 8 heteroatoms. The molecule has 0 bridgehead atoms. The molecule has 0 saturated carbocycles. The fourth-order valence-electron chi connectivity index (χ4n) is 4.64. The van der Waals surface area contributed by atoms with E-state index >= 15 is 0 Å². The molecule has 40 heavy (non-hydrogen) atoms. The largest absolute Gasteiger partial charge is 0.497 e. The van der Waals surface area contributed by atoms with E-state index in [0.717, 1.165) is 22.4 Å². The van der Waals surface area contributed by atoms with E-state index in [1.807, 2.05) is 72.8 Å². The zero-order valence-electron chi connectivity index (χ0n) is 23.0. The first-order chi connectivity index (χ1) is 19.5. The summed E-state index contributed by atoms with van der Waals surface area (Å²) in [6.07, 6.45) is 2.45. The molecule has 1 aliphatic rings. The van der Waals surface area contributed by atoms with Gasteiger partial charge in [-0.3, -0.25) is 4.79 Å². The van der Waals surface area contributed by atoms with Crippen LogP contribution in [0.1, 0.15) is 35.6 Å². The van der Waals surface area contributed by atoms with Crippen LogP contribution in [0.5, 0.6) is 17.2 Å². The van der Waals surface area contributed by atoms with Gasteiger partial charge in [0, 0.05) is 31.6 Å². The van der Waals surface area contributed by atoms with Gasteiger partial charge in [-0.15, -0.1) is 6.58 Å². The Balaban J connectivity index is 1.62. The van der Waals surface area contributed by atoms with E-state index in [-0.39, 0.29) is 18.9 Å². The summed E-state index contributed by atoms with van der Waals surface area (Å²) in [7, 11) is 3.23. The van der Waals surface area contributed by atoms with Crippen LogP contribution in [0.15, 0.2) is 90.4 Å². The molecule has 0 aliphatic carbocycles. The highest BCUT2D eigenvalue weighted by molar-refractivity contribution is 6.01. The Morgan fingerprint density at radius 2 is 1.77 bits per heavy atom. The van der Waals surface area contributed by atoms with Crippen LogP contribution in [0.3, 0.4) is 0 Å². The van der Waals surface area contributed by atoms with Crippen LogP contribution in [0.25, 0.3) is 0 Å². The van der Waals surface area contributed by atoms with Crippen LogP contribution in [-0.2, 0) is 16.0 Å². The molecule has 0 aromatic heterocycles. The minimum atomic E-state index is -1.27. The molecule has 0 unspecified atom stereocenters. The number of amides is 1. The molecule has 0 spiro atoms. The van der Waals surface area contributed by atoms with E-state index < -0.39 is 11.6 Å². The van der Waals surface area contributed by atoms with E-state index in [4.69, 9.17) is 29.0 Å². The summed E-state index contributed by atoms with van der Waals surface area (Å²) < 4.78 is 22.9. The van der Waals surface area contributed by atoms with Crippen LogP contribution in [0.2, 0.25) is 0 Å². The summed E-state index contributed by atoms with van der Waals surface area (Å²) in [4.78, 5) is 18.9. The minimum Gasteiger partial charge on any atom is -0.497 e. The number of carbonyl (C=O) groups excluding carboxylic acids is 1. The third-order valence-corrected chi connectivity index (χ3v) is 6.72. The summed E-state index contributed by atoms with van der Waals surface area (Å²) in [6.45, 7) is 4.84. The van der Waals surface area contributed by atoms with Gasteiger partial charge in [0.05, 0.1) is 20.8 Å². The number of hydrogen-bond donors (Lipinski definition) is 2. The second-order valence-electron chi connectivity index (χ2n) is 9.42. The van der Waals surface area contributed by atoms with Gasteiger partial charge in [0.2, 0.25) is 5.90 Å². The van der Waals surface area contributed by atoms with Crippen LogP contribution in [0, 0.1) is 0 Å². The van der Waals surface area contributed by atoms with Crippen LogP contribution in [-0.4, -0.2) is 56.4 Å². The SMILES string of the molecule is C=CC[C@@]1(C(=O)NCCc2cccc(OC)c2)N=C(c2ccc(OCCCO)cc2)O[C@@H]1c1cccc(OC)c1. The average molecular weight is 545 g/mol. The number of aliphatic imine (C=N–C) groups is 1. The molecule has 210 valence electrons. The van der Waals surface area contributed by atoms with Crippen LogP contribution >= 0.6 is 0 Å². The molecule has 1 amide bonds. The van der Waals surface area contributed by atoms with E-state index in [1.54, 1.807) is 20.3 Å². The van der Waals surface area contributed by atoms with Crippen molar-refractivity contribution in [3.05, 3.63) is 102 Å². The highest BCUT2D eigenvalue weighted by Crippen LogP contribution is 2.43. The lowest BCUT2D eigenvalue weighted by atomic mass is 9.84. The lowest BCUT2D eigenvalue weighted by Crippen LogP contribution is -2.48. The third kappa shape index (κ3) is 6.63. The first-order valence-corrected chi connectivity index (χ1v) is 13.3. The Bertz CT molecular complexity index is 1320. The minimum absolute atomic E-state index is 0.0708. The third-order valence-electron chi connectivity index (χ3n) is 6.72. The lowest BCUT2D eigenvalue weighted by molar-refractivity contribution is -0.128. The number of nitrogens with one attached hydrogen (secondary N) is 1. The van der Waals surface area contributed by atoms with Crippen molar-refractivity contribution in [2.75, 3.05) is 34.0 Å². The molecule has 4 rings (SSSR count). The van der Waals surface area contributed by atoms with Crippen molar-refractivity contribution in [1.29, 1.82) is 0 Å². The Labute approximate surface area is 235 Å². The highest BCUT2D eigenvalue weighted by atomic mass is 16.5. The van der Waals surface area contributed by atoms with E-state index in [0.29, 0.717) is 43.4 Å². The molecule has 1 heterocycles. The van der Waals surface area contributed by atoms with Gasteiger partial charge in [-0.05, 0) is 66.1 Å². The molecule has 3 aromatic rings. The number of nitrogens with zero attached hydrogens (tertiary/aromatic N) is 1. The number of aliphatic hydroxyl groups is 1. The first-order valence-electron chi connectivity index (χ1n) is 13.3. The van der Waals surface area contributed by atoms with Crippen molar-refractivity contribution in [3.8, 4) is 17.2 Å². The van der Waals surface area contributed by atoms with Gasteiger partial charge in [0.1, 0.15) is 17.2 Å². The van der Waals surface area contributed by atoms with Gasteiger partial charge in [-0.2, -0.15) is 0 Å². The second kappa shape index (κ2) is 13.7. The van der Waals surface area contributed by atoms with Gasteiger partial charge in [0.15, 0.2) is 11.6 Å². The second-order valence-corrected chi connectivity index (χ2v) is 9.42. The first kappa shape index (κ1) is 28.7. The van der Waals surface area contributed by atoms with Crippen LogP contribution in [0.4, 0.5) is 0 Å². The zero-order valence-corrected chi connectivity index (χ0v) is 23.0. The maximum atomic E-state index is 13.9. The van der Waals surface area contributed by atoms with Gasteiger partial charge in [0.25, 0.3) is 5.91 Å². The van der Waals surface area contributed by atoms with Crippen molar-refractivity contribution in [2.45, 2.75) is 30.9 Å². The number of methoxy groups -OCH3 is 2. The van der Waals surface area contributed by atoms with Gasteiger partial charge in [-0.25, -0.2) is 4.99 Å². The van der Waals surface area contributed by atoms with Gasteiger partial charge >= 0.3 is 0 Å². The molecule has 1 aliphatic heterocycles. The number of carbonyl (C=O) groups is 1. The van der Waals surface area contributed by atoms with Gasteiger partial charge in [-0.1, -0.05) is 30.3 Å². The zero-order chi connectivity index (χ0) is 28.4.